The van der Waals surface area contributed by atoms with Crippen molar-refractivity contribution in [2.24, 2.45) is 0 Å². The predicted molar refractivity (Wildman–Crippen MR) is 90.5 cm³/mol. The topological polar surface area (TPSA) is 21.3 Å². The average molecular weight is 342 g/mol. The first-order chi connectivity index (χ1) is 9.72. The molecule has 0 aliphatic heterocycles. The Bertz CT molecular complexity index is 381. The monoisotopic (exact) mass is 341 g/mol. The molecule has 0 saturated carbocycles. The predicted octanol–water partition coefficient (Wildman–Crippen LogP) is 5.47. The molecule has 114 valence electrons. The molecule has 1 aromatic rings. The number of halogens is 1. The maximum atomic E-state index is 5.56. The largest absolute Gasteiger partial charge is 0.493 e. The van der Waals surface area contributed by atoms with Crippen LogP contribution in [0.15, 0.2) is 22.7 Å². The van der Waals surface area contributed by atoms with Crippen LogP contribution in [0.5, 0.6) is 5.75 Å². The molecule has 1 unspecified atom stereocenters. The minimum atomic E-state index is 0.434. The fraction of sp³-hybridized carbons (Fsp3) is 0.647. The van der Waals surface area contributed by atoms with Gasteiger partial charge >= 0.3 is 0 Å². The van der Waals surface area contributed by atoms with E-state index in [1.165, 1.54) is 44.1 Å². The molecule has 0 aromatic heterocycles. The lowest BCUT2D eigenvalue weighted by Gasteiger charge is -2.18. The van der Waals surface area contributed by atoms with Crippen LogP contribution in [0.1, 0.15) is 64.0 Å². The van der Waals surface area contributed by atoms with Gasteiger partial charge in [0.2, 0.25) is 0 Å². The Morgan fingerprint density at radius 3 is 2.50 bits per heavy atom. The lowest BCUT2D eigenvalue weighted by atomic mass is 10.00. The highest BCUT2D eigenvalue weighted by Gasteiger charge is 2.11. The van der Waals surface area contributed by atoms with Crippen molar-refractivity contribution >= 4 is 15.9 Å². The van der Waals surface area contributed by atoms with Gasteiger partial charge in [-0.2, -0.15) is 0 Å². The highest BCUT2D eigenvalue weighted by molar-refractivity contribution is 9.10. The van der Waals surface area contributed by atoms with Gasteiger partial charge in [-0.1, -0.05) is 45.1 Å². The van der Waals surface area contributed by atoms with Crippen molar-refractivity contribution in [3.63, 3.8) is 0 Å². The summed E-state index contributed by atoms with van der Waals surface area (Å²) in [5.41, 5.74) is 1.33. The molecule has 1 atom stereocenters. The van der Waals surface area contributed by atoms with Gasteiger partial charge < -0.3 is 10.1 Å². The third-order valence-electron chi connectivity index (χ3n) is 3.60. The van der Waals surface area contributed by atoms with E-state index < -0.39 is 0 Å². The highest BCUT2D eigenvalue weighted by Crippen LogP contribution is 2.30. The third kappa shape index (κ3) is 5.84. The first-order valence-electron chi connectivity index (χ1n) is 7.82. The van der Waals surface area contributed by atoms with Crippen LogP contribution in [0.25, 0.3) is 0 Å². The summed E-state index contributed by atoms with van der Waals surface area (Å²) in [4.78, 5) is 0. The lowest BCUT2D eigenvalue weighted by molar-refractivity contribution is 0.338. The molecule has 0 radical (unpaired) electrons. The summed E-state index contributed by atoms with van der Waals surface area (Å²) in [6, 6.07) is 6.84. The Kier molecular flexibility index (Phi) is 8.95. The first kappa shape index (κ1) is 17.5. The SMILES string of the molecule is CCCCCCCC(NC)c1ccc(OCC)c(Br)c1. The van der Waals surface area contributed by atoms with Crippen LogP contribution in [0.4, 0.5) is 0 Å². The number of benzene rings is 1. The molecule has 0 bridgehead atoms. The molecule has 0 saturated heterocycles. The molecule has 0 amide bonds. The van der Waals surface area contributed by atoms with Gasteiger partial charge in [-0.15, -0.1) is 0 Å². The van der Waals surface area contributed by atoms with Gasteiger partial charge in [0, 0.05) is 6.04 Å². The lowest BCUT2D eigenvalue weighted by Crippen LogP contribution is -2.16. The summed E-state index contributed by atoms with van der Waals surface area (Å²) in [5.74, 6) is 0.925. The molecular formula is C17H28BrNO. The fourth-order valence-corrected chi connectivity index (χ4v) is 2.95. The Labute approximate surface area is 132 Å². The van der Waals surface area contributed by atoms with Gasteiger partial charge in [-0.25, -0.2) is 0 Å². The number of ether oxygens (including phenoxy) is 1. The molecule has 1 N–H and O–H groups in total. The molecule has 3 heteroatoms. The van der Waals surface area contributed by atoms with E-state index in [9.17, 15) is 0 Å². The second-order valence-corrected chi connectivity index (χ2v) is 6.02. The third-order valence-corrected chi connectivity index (χ3v) is 4.22. The maximum absolute atomic E-state index is 5.56. The number of hydrogen-bond acceptors (Lipinski definition) is 2. The van der Waals surface area contributed by atoms with Gasteiger partial charge in [0.25, 0.3) is 0 Å². The van der Waals surface area contributed by atoms with Gasteiger partial charge in [0.05, 0.1) is 11.1 Å². The zero-order valence-electron chi connectivity index (χ0n) is 13.0. The second-order valence-electron chi connectivity index (χ2n) is 5.17. The van der Waals surface area contributed by atoms with E-state index in [0.29, 0.717) is 12.6 Å². The fourth-order valence-electron chi connectivity index (χ4n) is 2.44. The molecule has 0 spiro atoms. The van der Waals surface area contributed by atoms with E-state index in [-0.39, 0.29) is 0 Å². The highest BCUT2D eigenvalue weighted by atomic mass is 79.9. The van der Waals surface area contributed by atoms with Crippen LogP contribution < -0.4 is 10.1 Å². The van der Waals surface area contributed by atoms with Gasteiger partial charge in [0.1, 0.15) is 5.75 Å². The number of hydrogen-bond donors (Lipinski definition) is 1. The van der Waals surface area contributed by atoms with Gasteiger partial charge in [-0.05, 0) is 54.0 Å². The average Bonchev–Trinajstić information content (AvgIpc) is 2.45. The minimum absolute atomic E-state index is 0.434. The number of unbranched alkanes of at least 4 members (excludes halogenated alkanes) is 4. The Morgan fingerprint density at radius 1 is 1.15 bits per heavy atom. The summed E-state index contributed by atoms with van der Waals surface area (Å²) in [6.45, 7) is 4.96. The molecule has 1 rings (SSSR count). The van der Waals surface area contributed by atoms with E-state index in [4.69, 9.17) is 4.74 Å². The molecule has 20 heavy (non-hydrogen) atoms. The summed E-state index contributed by atoms with van der Waals surface area (Å²) >= 11 is 3.60. The van der Waals surface area contributed by atoms with Crippen molar-refractivity contribution < 1.29 is 4.74 Å². The number of rotatable bonds is 10. The molecule has 1 aromatic carbocycles. The van der Waals surface area contributed by atoms with Crippen LogP contribution in [0.2, 0.25) is 0 Å². The van der Waals surface area contributed by atoms with Crippen molar-refractivity contribution in [1.29, 1.82) is 0 Å². The smallest absolute Gasteiger partial charge is 0.133 e. The molecule has 2 nitrogen and oxygen atoms in total. The Balaban J connectivity index is 2.54. The molecular weight excluding hydrogens is 314 g/mol. The number of nitrogens with one attached hydrogen (secondary N) is 1. The van der Waals surface area contributed by atoms with E-state index in [0.717, 1.165) is 10.2 Å². The van der Waals surface area contributed by atoms with Crippen molar-refractivity contribution in [2.45, 2.75) is 58.4 Å². The first-order valence-corrected chi connectivity index (χ1v) is 8.61. The zero-order chi connectivity index (χ0) is 14.8. The molecule has 0 aliphatic carbocycles. The van der Waals surface area contributed by atoms with E-state index in [2.05, 4.69) is 46.4 Å². The van der Waals surface area contributed by atoms with Crippen LogP contribution in [-0.4, -0.2) is 13.7 Å². The summed E-state index contributed by atoms with van der Waals surface area (Å²) in [5, 5.41) is 3.43. The minimum Gasteiger partial charge on any atom is -0.493 e. The zero-order valence-corrected chi connectivity index (χ0v) is 14.6. The van der Waals surface area contributed by atoms with Crippen molar-refractivity contribution in [1.82, 2.24) is 5.32 Å². The molecule has 0 fully saturated rings. The van der Waals surface area contributed by atoms with Gasteiger partial charge in [0.15, 0.2) is 0 Å². The standard InChI is InChI=1S/C17H28BrNO/c1-4-6-7-8-9-10-16(19-3)14-11-12-17(20-5-2)15(18)13-14/h11-13,16,19H,4-10H2,1-3H3. The summed E-state index contributed by atoms with van der Waals surface area (Å²) in [7, 11) is 2.04. The van der Waals surface area contributed by atoms with Crippen molar-refractivity contribution in [3.8, 4) is 5.75 Å². The normalized spacial score (nSPS) is 12.4. The van der Waals surface area contributed by atoms with Crippen molar-refractivity contribution in [3.05, 3.63) is 28.2 Å². The Morgan fingerprint density at radius 2 is 1.90 bits per heavy atom. The van der Waals surface area contributed by atoms with E-state index >= 15 is 0 Å². The van der Waals surface area contributed by atoms with E-state index in [1.807, 2.05) is 14.0 Å². The van der Waals surface area contributed by atoms with Crippen LogP contribution in [-0.2, 0) is 0 Å². The van der Waals surface area contributed by atoms with Crippen LogP contribution in [0.3, 0.4) is 0 Å². The second kappa shape index (κ2) is 10.2. The van der Waals surface area contributed by atoms with Crippen LogP contribution in [0, 0.1) is 0 Å². The quantitative estimate of drug-likeness (QED) is 0.569. The maximum Gasteiger partial charge on any atom is 0.133 e. The van der Waals surface area contributed by atoms with Crippen molar-refractivity contribution in [2.75, 3.05) is 13.7 Å². The Hall–Kier alpha value is -0.540. The molecule has 0 heterocycles. The summed E-state index contributed by atoms with van der Waals surface area (Å²) < 4.78 is 6.61. The van der Waals surface area contributed by atoms with E-state index in [1.54, 1.807) is 0 Å². The molecule has 0 aliphatic rings. The van der Waals surface area contributed by atoms with Gasteiger partial charge in [-0.3, -0.25) is 0 Å². The summed E-state index contributed by atoms with van der Waals surface area (Å²) in [6.07, 6.45) is 7.85. The van der Waals surface area contributed by atoms with Crippen LogP contribution >= 0.6 is 15.9 Å².